The average molecular weight is 289 g/mol. The first kappa shape index (κ1) is 14.6. The summed E-state index contributed by atoms with van der Waals surface area (Å²) in [5.41, 5.74) is 1.01. The standard InChI is InChI=1S/C14H15N3O4/c1-9(10-3-5-11(18)6-4-10)16(2)14(19)12-7-8-13(15-12)17(20)21/h3-9,15,18H,1-2H3. The van der Waals surface area contributed by atoms with Crippen molar-refractivity contribution in [2.45, 2.75) is 13.0 Å². The van der Waals surface area contributed by atoms with Gasteiger partial charge in [-0.25, -0.2) is 4.98 Å². The van der Waals surface area contributed by atoms with E-state index < -0.39 is 4.92 Å². The molecule has 110 valence electrons. The van der Waals surface area contributed by atoms with Crippen molar-refractivity contribution in [1.29, 1.82) is 0 Å². The van der Waals surface area contributed by atoms with Gasteiger partial charge < -0.3 is 20.1 Å². The van der Waals surface area contributed by atoms with E-state index in [-0.39, 0.29) is 29.2 Å². The molecule has 2 N–H and O–H groups in total. The molecule has 0 spiro atoms. The number of hydrogen-bond donors (Lipinski definition) is 2. The summed E-state index contributed by atoms with van der Waals surface area (Å²) >= 11 is 0. The van der Waals surface area contributed by atoms with Crippen molar-refractivity contribution in [3.05, 3.63) is 57.8 Å². The number of benzene rings is 1. The number of amides is 1. The number of carbonyl (C=O) groups excluding carboxylic acids is 1. The van der Waals surface area contributed by atoms with Gasteiger partial charge in [-0.2, -0.15) is 0 Å². The zero-order valence-electron chi connectivity index (χ0n) is 11.6. The zero-order chi connectivity index (χ0) is 15.6. The van der Waals surface area contributed by atoms with Gasteiger partial charge in [0.2, 0.25) is 0 Å². The zero-order valence-corrected chi connectivity index (χ0v) is 11.6. The van der Waals surface area contributed by atoms with Gasteiger partial charge in [0, 0.05) is 13.1 Å². The Hall–Kier alpha value is -2.83. The molecule has 7 nitrogen and oxygen atoms in total. The molecule has 1 aromatic heterocycles. The number of aromatic hydroxyl groups is 1. The minimum absolute atomic E-state index is 0.153. The fourth-order valence-electron chi connectivity index (χ4n) is 1.96. The first-order valence-electron chi connectivity index (χ1n) is 6.29. The van der Waals surface area contributed by atoms with Crippen molar-refractivity contribution in [1.82, 2.24) is 9.88 Å². The van der Waals surface area contributed by atoms with Crippen molar-refractivity contribution >= 4 is 11.7 Å². The summed E-state index contributed by atoms with van der Waals surface area (Å²) in [6.07, 6.45) is 0. The Balaban J connectivity index is 2.17. The van der Waals surface area contributed by atoms with Crippen LogP contribution in [0.2, 0.25) is 0 Å². The van der Waals surface area contributed by atoms with E-state index in [1.807, 2.05) is 6.92 Å². The van der Waals surface area contributed by atoms with Gasteiger partial charge in [-0.1, -0.05) is 12.1 Å². The Bertz CT molecular complexity index is 663. The Morgan fingerprint density at radius 3 is 2.43 bits per heavy atom. The van der Waals surface area contributed by atoms with Gasteiger partial charge in [0.1, 0.15) is 5.75 Å². The lowest BCUT2D eigenvalue weighted by Crippen LogP contribution is -2.29. The molecule has 2 rings (SSSR count). The van der Waals surface area contributed by atoms with Crippen LogP contribution in [-0.4, -0.2) is 32.9 Å². The number of H-pyrrole nitrogens is 1. The van der Waals surface area contributed by atoms with E-state index in [0.29, 0.717) is 0 Å². The summed E-state index contributed by atoms with van der Waals surface area (Å²) < 4.78 is 0. The Kier molecular flexibility index (Phi) is 3.93. The minimum Gasteiger partial charge on any atom is -0.508 e. The molecule has 0 aliphatic rings. The largest absolute Gasteiger partial charge is 0.508 e. The van der Waals surface area contributed by atoms with Gasteiger partial charge in [-0.05, 0) is 35.6 Å². The van der Waals surface area contributed by atoms with Gasteiger partial charge in [0.05, 0.1) is 6.04 Å². The summed E-state index contributed by atoms with van der Waals surface area (Å²) in [4.78, 5) is 26.3. The Labute approximate surface area is 121 Å². The van der Waals surface area contributed by atoms with Crippen LogP contribution < -0.4 is 0 Å². The molecule has 1 atom stereocenters. The molecule has 2 aromatic rings. The SMILES string of the molecule is CC(c1ccc(O)cc1)N(C)C(=O)c1ccc([N+](=O)[O-])[nH]1. The number of nitrogens with one attached hydrogen (secondary N) is 1. The van der Waals surface area contributed by atoms with Gasteiger partial charge >= 0.3 is 5.82 Å². The number of hydrogen-bond acceptors (Lipinski definition) is 4. The highest BCUT2D eigenvalue weighted by molar-refractivity contribution is 5.93. The molecule has 1 aromatic carbocycles. The molecule has 1 heterocycles. The molecule has 1 amide bonds. The molecule has 21 heavy (non-hydrogen) atoms. The van der Waals surface area contributed by atoms with E-state index in [4.69, 9.17) is 0 Å². The Morgan fingerprint density at radius 1 is 1.29 bits per heavy atom. The highest BCUT2D eigenvalue weighted by atomic mass is 16.6. The number of phenolic OH excluding ortho intramolecular Hbond substituents is 1. The normalized spacial score (nSPS) is 11.9. The van der Waals surface area contributed by atoms with Crippen molar-refractivity contribution in [2.75, 3.05) is 7.05 Å². The molecular weight excluding hydrogens is 274 g/mol. The molecule has 0 fully saturated rings. The third-order valence-corrected chi connectivity index (χ3v) is 3.37. The molecule has 0 saturated heterocycles. The van der Waals surface area contributed by atoms with Crippen LogP contribution in [0.5, 0.6) is 5.75 Å². The summed E-state index contributed by atoms with van der Waals surface area (Å²) in [6.45, 7) is 1.83. The van der Waals surface area contributed by atoms with E-state index >= 15 is 0 Å². The number of nitrogens with zero attached hydrogens (tertiary/aromatic N) is 2. The van der Waals surface area contributed by atoms with Crippen molar-refractivity contribution in [3.8, 4) is 5.75 Å². The second kappa shape index (κ2) is 5.66. The summed E-state index contributed by atoms with van der Waals surface area (Å²) in [5, 5.41) is 19.9. The number of carbonyl (C=O) groups is 1. The molecule has 0 radical (unpaired) electrons. The third kappa shape index (κ3) is 3.02. The molecule has 0 saturated carbocycles. The number of phenols is 1. The fourth-order valence-corrected chi connectivity index (χ4v) is 1.96. The minimum atomic E-state index is -0.583. The van der Waals surface area contributed by atoms with Gasteiger partial charge in [0.15, 0.2) is 5.69 Å². The predicted molar refractivity (Wildman–Crippen MR) is 76.1 cm³/mol. The third-order valence-electron chi connectivity index (χ3n) is 3.37. The highest BCUT2D eigenvalue weighted by Gasteiger charge is 2.23. The summed E-state index contributed by atoms with van der Waals surface area (Å²) in [7, 11) is 1.62. The fraction of sp³-hybridized carbons (Fsp3) is 0.214. The topological polar surface area (TPSA) is 99.5 Å². The molecule has 0 bridgehead atoms. The lowest BCUT2D eigenvalue weighted by atomic mass is 10.1. The van der Waals surface area contributed by atoms with Gasteiger partial charge in [-0.15, -0.1) is 0 Å². The lowest BCUT2D eigenvalue weighted by molar-refractivity contribution is -0.389. The van der Waals surface area contributed by atoms with E-state index in [1.54, 1.807) is 31.3 Å². The van der Waals surface area contributed by atoms with E-state index in [9.17, 15) is 20.0 Å². The van der Waals surface area contributed by atoms with Crippen LogP contribution in [0.1, 0.15) is 29.0 Å². The maximum Gasteiger partial charge on any atom is 0.321 e. The predicted octanol–water partition coefficient (Wildman–Crippen LogP) is 2.46. The summed E-state index contributed by atoms with van der Waals surface area (Å²) in [5.74, 6) is -0.410. The van der Waals surface area contributed by atoms with E-state index in [1.165, 1.54) is 17.0 Å². The Morgan fingerprint density at radius 2 is 1.90 bits per heavy atom. The highest BCUT2D eigenvalue weighted by Crippen LogP contribution is 2.23. The maximum atomic E-state index is 12.3. The number of nitro groups is 1. The smallest absolute Gasteiger partial charge is 0.321 e. The number of aromatic nitrogens is 1. The first-order valence-corrected chi connectivity index (χ1v) is 6.29. The van der Waals surface area contributed by atoms with Crippen LogP contribution in [0.3, 0.4) is 0 Å². The monoisotopic (exact) mass is 289 g/mol. The van der Waals surface area contributed by atoms with Crippen LogP contribution in [0, 0.1) is 10.1 Å². The van der Waals surface area contributed by atoms with E-state index in [2.05, 4.69) is 4.98 Å². The van der Waals surface area contributed by atoms with Gasteiger partial charge in [0.25, 0.3) is 5.91 Å². The first-order chi connectivity index (χ1) is 9.90. The molecule has 0 aliphatic heterocycles. The number of rotatable bonds is 4. The molecule has 0 aliphatic carbocycles. The van der Waals surface area contributed by atoms with Crippen molar-refractivity contribution in [2.24, 2.45) is 0 Å². The second-order valence-electron chi connectivity index (χ2n) is 4.70. The molecule has 1 unspecified atom stereocenters. The van der Waals surface area contributed by atoms with Crippen LogP contribution in [0.15, 0.2) is 36.4 Å². The average Bonchev–Trinajstić information content (AvgIpc) is 2.96. The van der Waals surface area contributed by atoms with Gasteiger partial charge in [-0.3, -0.25) is 4.79 Å². The molecular formula is C14H15N3O4. The van der Waals surface area contributed by atoms with Crippen molar-refractivity contribution in [3.63, 3.8) is 0 Å². The molecule has 7 heteroatoms. The maximum absolute atomic E-state index is 12.3. The van der Waals surface area contributed by atoms with Crippen molar-refractivity contribution < 1.29 is 14.8 Å². The van der Waals surface area contributed by atoms with Crippen LogP contribution >= 0.6 is 0 Å². The quantitative estimate of drug-likeness (QED) is 0.667. The lowest BCUT2D eigenvalue weighted by Gasteiger charge is -2.24. The van der Waals surface area contributed by atoms with Crippen LogP contribution in [0.25, 0.3) is 0 Å². The number of aromatic amines is 1. The van der Waals surface area contributed by atoms with Crippen LogP contribution in [0.4, 0.5) is 5.82 Å². The summed E-state index contributed by atoms with van der Waals surface area (Å²) in [6, 6.07) is 8.95. The van der Waals surface area contributed by atoms with Crippen LogP contribution in [-0.2, 0) is 0 Å². The van der Waals surface area contributed by atoms with E-state index in [0.717, 1.165) is 5.56 Å². The second-order valence-corrected chi connectivity index (χ2v) is 4.70.